The van der Waals surface area contributed by atoms with Crippen LogP contribution in [-0.4, -0.2) is 27.5 Å². The van der Waals surface area contributed by atoms with Crippen molar-refractivity contribution >= 4 is 17.3 Å². The van der Waals surface area contributed by atoms with Crippen molar-refractivity contribution in [3.05, 3.63) is 51.5 Å². The Morgan fingerprint density at radius 1 is 1.50 bits per heavy atom. The molecule has 0 aromatic carbocycles. The maximum atomic E-state index is 10.8. The van der Waals surface area contributed by atoms with Crippen LogP contribution in [0.25, 0.3) is 0 Å². The second-order valence-electron chi connectivity index (χ2n) is 5.04. The van der Waals surface area contributed by atoms with Crippen molar-refractivity contribution < 1.29 is 9.90 Å². The molecule has 3 heterocycles. The van der Waals surface area contributed by atoms with Gasteiger partial charge >= 0.3 is 5.97 Å². The van der Waals surface area contributed by atoms with Crippen molar-refractivity contribution in [2.75, 3.05) is 6.54 Å². The van der Waals surface area contributed by atoms with Crippen LogP contribution in [0.3, 0.4) is 0 Å². The summed E-state index contributed by atoms with van der Waals surface area (Å²) >= 11 is 1.84. The molecule has 0 bridgehead atoms. The van der Waals surface area contributed by atoms with E-state index >= 15 is 0 Å². The molecule has 0 saturated heterocycles. The Hall–Kier alpha value is -1.72. The van der Waals surface area contributed by atoms with Crippen molar-refractivity contribution in [2.24, 2.45) is 0 Å². The van der Waals surface area contributed by atoms with Gasteiger partial charge in [0, 0.05) is 30.2 Å². The number of nitrogens with zero attached hydrogens (tertiary/aromatic N) is 2. The Morgan fingerprint density at radius 3 is 3.05 bits per heavy atom. The quantitative estimate of drug-likeness (QED) is 0.943. The van der Waals surface area contributed by atoms with Crippen molar-refractivity contribution in [1.82, 2.24) is 9.88 Å². The number of hydrogen-bond acceptors (Lipinski definition) is 4. The van der Waals surface area contributed by atoms with Crippen molar-refractivity contribution in [2.45, 2.75) is 25.9 Å². The van der Waals surface area contributed by atoms with Crippen LogP contribution in [0.5, 0.6) is 0 Å². The second kappa shape index (κ2) is 5.34. The van der Waals surface area contributed by atoms with Crippen LogP contribution in [0.15, 0.2) is 29.8 Å². The summed E-state index contributed by atoms with van der Waals surface area (Å²) < 4.78 is 0. The predicted octanol–water partition coefficient (Wildman–Crippen LogP) is 2.96. The number of pyridine rings is 1. The first-order valence-electron chi connectivity index (χ1n) is 6.63. The highest BCUT2D eigenvalue weighted by molar-refractivity contribution is 7.10. The smallest absolute Gasteiger partial charge is 0.337 e. The molecule has 1 aliphatic rings. The summed E-state index contributed by atoms with van der Waals surface area (Å²) in [4.78, 5) is 18.9. The van der Waals surface area contributed by atoms with Gasteiger partial charge in [-0.25, -0.2) is 4.79 Å². The maximum Gasteiger partial charge on any atom is 0.337 e. The molecule has 1 atom stereocenters. The minimum absolute atomic E-state index is 0.237. The molecule has 1 aliphatic heterocycles. The molecule has 5 heteroatoms. The summed E-state index contributed by atoms with van der Waals surface area (Å²) in [7, 11) is 0. The number of rotatable bonds is 3. The molecule has 0 amide bonds. The van der Waals surface area contributed by atoms with E-state index in [4.69, 9.17) is 5.11 Å². The van der Waals surface area contributed by atoms with Crippen molar-refractivity contribution in [3.63, 3.8) is 0 Å². The highest BCUT2D eigenvalue weighted by Crippen LogP contribution is 2.33. The molecule has 0 saturated carbocycles. The number of hydrogen-bond donors (Lipinski definition) is 1. The average molecular weight is 288 g/mol. The van der Waals surface area contributed by atoms with E-state index in [2.05, 4.69) is 28.3 Å². The fraction of sp³-hybridized carbons (Fsp3) is 0.333. The molecule has 2 aromatic heterocycles. The van der Waals surface area contributed by atoms with E-state index in [0.717, 1.165) is 25.2 Å². The third-order valence-corrected chi connectivity index (χ3v) is 4.84. The number of carbonyl (C=O) groups is 1. The van der Waals surface area contributed by atoms with Crippen LogP contribution in [-0.2, 0) is 13.0 Å². The molecule has 0 radical (unpaired) electrons. The van der Waals surface area contributed by atoms with Gasteiger partial charge in [-0.3, -0.25) is 9.88 Å². The lowest BCUT2D eigenvalue weighted by Crippen LogP contribution is -2.32. The van der Waals surface area contributed by atoms with Gasteiger partial charge in [-0.1, -0.05) is 0 Å². The van der Waals surface area contributed by atoms with Gasteiger partial charge in [0.25, 0.3) is 0 Å². The number of thiophene rings is 1. The first-order chi connectivity index (χ1) is 9.65. The van der Waals surface area contributed by atoms with E-state index in [-0.39, 0.29) is 5.56 Å². The van der Waals surface area contributed by atoms with Gasteiger partial charge in [0.15, 0.2) is 0 Å². The molecule has 0 aliphatic carbocycles. The van der Waals surface area contributed by atoms with E-state index in [1.807, 2.05) is 11.3 Å². The van der Waals surface area contributed by atoms with Crippen LogP contribution < -0.4 is 0 Å². The summed E-state index contributed by atoms with van der Waals surface area (Å²) in [5, 5.41) is 11.0. The maximum absolute atomic E-state index is 10.8. The normalized spacial score (nSPS) is 18.8. The molecule has 0 fully saturated rings. The van der Waals surface area contributed by atoms with Crippen LogP contribution >= 0.6 is 11.3 Å². The van der Waals surface area contributed by atoms with Gasteiger partial charge in [0.1, 0.15) is 0 Å². The molecular weight excluding hydrogens is 272 g/mol. The molecule has 3 rings (SSSR count). The Labute approximate surface area is 121 Å². The lowest BCUT2D eigenvalue weighted by molar-refractivity contribution is 0.0696. The summed E-state index contributed by atoms with van der Waals surface area (Å²) in [5.74, 6) is -0.932. The van der Waals surface area contributed by atoms with Crippen LogP contribution in [0.2, 0.25) is 0 Å². The third-order valence-electron chi connectivity index (χ3n) is 3.84. The minimum atomic E-state index is -0.932. The van der Waals surface area contributed by atoms with E-state index in [9.17, 15) is 4.79 Å². The number of aromatic carboxylic acids is 1. The highest BCUT2D eigenvalue weighted by atomic mass is 32.1. The fourth-order valence-electron chi connectivity index (χ4n) is 2.63. The third kappa shape index (κ3) is 2.46. The second-order valence-corrected chi connectivity index (χ2v) is 6.04. The van der Waals surface area contributed by atoms with E-state index in [1.165, 1.54) is 16.6 Å². The number of carboxylic acids is 1. The van der Waals surface area contributed by atoms with Crippen LogP contribution in [0.1, 0.15) is 39.5 Å². The fourth-order valence-corrected chi connectivity index (χ4v) is 3.59. The highest BCUT2D eigenvalue weighted by Gasteiger charge is 2.24. The van der Waals surface area contributed by atoms with E-state index in [0.29, 0.717) is 6.04 Å². The molecule has 20 heavy (non-hydrogen) atoms. The molecular formula is C15H16N2O2S. The molecule has 1 unspecified atom stereocenters. The van der Waals surface area contributed by atoms with Crippen molar-refractivity contribution in [3.8, 4) is 0 Å². The minimum Gasteiger partial charge on any atom is -0.478 e. The SMILES string of the molecule is CC1c2ccsc2CCN1Cc1ccc(C(=O)O)cn1. The van der Waals surface area contributed by atoms with Crippen LogP contribution in [0, 0.1) is 0 Å². The zero-order valence-corrected chi connectivity index (χ0v) is 12.1. The zero-order valence-electron chi connectivity index (χ0n) is 11.2. The van der Waals surface area contributed by atoms with Gasteiger partial charge in [-0.2, -0.15) is 0 Å². The first kappa shape index (κ1) is 13.3. The van der Waals surface area contributed by atoms with Crippen molar-refractivity contribution in [1.29, 1.82) is 0 Å². The van der Waals surface area contributed by atoms with Gasteiger partial charge in [-0.05, 0) is 42.5 Å². The molecule has 4 nitrogen and oxygen atoms in total. The summed E-state index contributed by atoms with van der Waals surface area (Å²) in [6.45, 7) is 4.00. The Bertz CT molecular complexity index is 621. The van der Waals surface area contributed by atoms with E-state index in [1.54, 1.807) is 12.1 Å². The topological polar surface area (TPSA) is 53.4 Å². The molecule has 104 valence electrons. The molecule has 1 N–H and O–H groups in total. The first-order valence-corrected chi connectivity index (χ1v) is 7.51. The monoisotopic (exact) mass is 288 g/mol. The van der Waals surface area contributed by atoms with Gasteiger partial charge < -0.3 is 5.11 Å². The summed E-state index contributed by atoms with van der Waals surface area (Å²) in [6, 6.07) is 6.03. The lowest BCUT2D eigenvalue weighted by atomic mass is 10.0. The number of fused-ring (bicyclic) bond motifs is 1. The lowest BCUT2D eigenvalue weighted by Gasteiger charge is -2.33. The largest absolute Gasteiger partial charge is 0.478 e. The zero-order chi connectivity index (χ0) is 14.1. The van der Waals surface area contributed by atoms with Crippen LogP contribution in [0.4, 0.5) is 0 Å². The number of aromatic nitrogens is 1. The molecule has 2 aromatic rings. The Balaban J connectivity index is 1.74. The van der Waals surface area contributed by atoms with Gasteiger partial charge in [-0.15, -0.1) is 11.3 Å². The van der Waals surface area contributed by atoms with Gasteiger partial charge in [0.05, 0.1) is 11.3 Å². The Morgan fingerprint density at radius 2 is 2.35 bits per heavy atom. The average Bonchev–Trinajstić information content (AvgIpc) is 2.92. The summed E-state index contributed by atoms with van der Waals surface area (Å²) in [5.41, 5.74) is 2.57. The standard InChI is InChI=1S/C15H16N2O2S/c1-10-13-5-7-20-14(13)4-6-17(10)9-12-3-2-11(8-16-12)15(18)19/h2-3,5,7-8,10H,4,6,9H2,1H3,(H,18,19). The molecule has 0 spiro atoms. The number of carboxylic acid groups (broad SMARTS) is 1. The Kier molecular flexibility index (Phi) is 3.54. The predicted molar refractivity (Wildman–Crippen MR) is 78.0 cm³/mol. The van der Waals surface area contributed by atoms with E-state index < -0.39 is 5.97 Å². The van der Waals surface area contributed by atoms with Gasteiger partial charge in [0.2, 0.25) is 0 Å². The summed E-state index contributed by atoms with van der Waals surface area (Å²) in [6.07, 6.45) is 2.52.